The van der Waals surface area contributed by atoms with E-state index in [0.717, 1.165) is 18.8 Å². The summed E-state index contributed by atoms with van der Waals surface area (Å²) in [6.45, 7) is 5.62. The molecule has 1 aliphatic rings. The summed E-state index contributed by atoms with van der Waals surface area (Å²) in [6, 6.07) is 1.91. The minimum absolute atomic E-state index is 0.663. The van der Waals surface area contributed by atoms with Crippen molar-refractivity contribution in [2.24, 2.45) is 5.92 Å². The third-order valence-electron chi connectivity index (χ3n) is 3.36. The Labute approximate surface area is 109 Å². The van der Waals surface area contributed by atoms with Crippen LogP contribution < -0.4 is 10.1 Å². The van der Waals surface area contributed by atoms with Crippen LogP contribution in [0.3, 0.4) is 0 Å². The molecule has 1 aromatic heterocycles. The van der Waals surface area contributed by atoms with Crippen molar-refractivity contribution in [3.8, 4) is 5.88 Å². The predicted octanol–water partition coefficient (Wildman–Crippen LogP) is 3.18. The van der Waals surface area contributed by atoms with E-state index in [1.807, 2.05) is 19.9 Å². The van der Waals surface area contributed by atoms with Gasteiger partial charge in [0.05, 0.1) is 6.61 Å². The van der Waals surface area contributed by atoms with Crippen molar-refractivity contribution in [1.29, 1.82) is 0 Å². The quantitative estimate of drug-likeness (QED) is 0.870. The lowest BCUT2D eigenvalue weighted by molar-refractivity contribution is 0.202. The van der Waals surface area contributed by atoms with E-state index in [1.165, 1.54) is 32.1 Å². The van der Waals surface area contributed by atoms with Crippen molar-refractivity contribution in [2.45, 2.75) is 46.0 Å². The standard InChI is InChI=1S/C14H23N3O/c1-3-15-14-16-11(2)9-13(17-14)18-10-12-7-5-4-6-8-12/h9,12H,3-8,10H2,1-2H3,(H,15,16,17). The van der Waals surface area contributed by atoms with Gasteiger partial charge in [-0.15, -0.1) is 0 Å². The first-order valence-corrected chi connectivity index (χ1v) is 7.00. The van der Waals surface area contributed by atoms with Crippen LogP contribution in [0.25, 0.3) is 0 Å². The molecule has 0 amide bonds. The molecule has 4 heteroatoms. The summed E-state index contributed by atoms with van der Waals surface area (Å²) in [6.07, 6.45) is 6.67. The van der Waals surface area contributed by atoms with Gasteiger partial charge in [0, 0.05) is 18.3 Å². The molecule has 0 saturated heterocycles. The Morgan fingerprint density at radius 1 is 1.28 bits per heavy atom. The maximum Gasteiger partial charge on any atom is 0.226 e. The van der Waals surface area contributed by atoms with E-state index in [-0.39, 0.29) is 0 Å². The van der Waals surface area contributed by atoms with Gasteiger partial charge in [-0.1, -0.05) is 19.3 Å². The first kappa shape index (κ1) is 13.1. The van der Waals surface area contributed by atoms with Gasteiger partial charge < -0.3 is 10.1 Å². The Morgan fingerprint density at radius 2 is 2.06 bits per heavy atom. The van der Waals surface area contributed by atoms with Crippen LogP contribution in [0, 0.1) is 12.8 Å². The third-order valence-corrected chi connectivity index (χ3v) is 3.36. The zero-order valence-electron chi connectivity index (χ0n) is 11.4. The average molecular weight is 249 g/mol. The van der Waals surface area contributed by atoms with Crippen LogP contribution >= 0.6 is 0 Å². The van der Waals surface area contributed by atoms with Crippen molar-refractivity contribution >= 4 is 5.95 Å². The van der Waals surface area contributed by atoms with Crippen LogP contribution in [0.1, 0.15) is 44.7 Å². The van der Waals surface area contributed by atoms with E-state index < -0.39 is 0 Å². The Bertz CT molecular complexity index is 375. The van der Waals surface area contributed by atoms with Gasteiger partial charge in [-0.05, 0) is 32.6 Å². The number of anilines is 1. The first-order valence-electron chi connectivity index (χ1n) is 7.00. The SMILES string of the molecule is CCNc1nc(C)cc(OCC2CCCCC2)n1. The highest BCUT2D eigenvalue weighted by molar-refractivity contribution is 5.30. The molecule has 0 spiro atoms. The number of hydrogen-bond acceptors (Lipinski definition) is 4. The molecule has 0 aromatic carbocycles. The smallest absolute Gasteiger partial charge is 0.226 e. The molecule has 1 N–H and O–H groups in total. The minimum Gasteiger partial charge on any atom is -0.477 e. The van der Waals surface area contributed by atoms with Crippen LogP contribution in [-0.4, -0.2) is 23.1 Å². The number of aryl methyl sites for hydroxylation is 1. The van der Waals surface area contributed by atoms with Crippen molar-refractivity contribution in [1.82, 2.24) is 9.97 Å². The second kappa shape index (κ2) is 6.57. The molecular formula is C14H23N3O. The van der Waals surface area contributed by atoms with E-state index in [4.69, 9.17) is 4.74 Å². The molecule has 1 fully saturated rings. The largest absolute Gasteiger partial charge is 0.477 e. The number of nitrogens with one attached hydrogen (secondary N) is 1. The number of nitrogens with zero attached hydrogens (tertiary/aromatic N) is 2. The monoisotopic (exact) mass is 249 g/mol. The second-order valence-electron chi connectivity index (χ2n) is 5.02. The van der Waals surface area contributed by atoms with Gasteiger partial charge in [-0.2, -0.15) is 4.98 Å². The van der Waals surface area contributed by atoms with Crippen molar-refractivity contribution in [3.05, 3.63) is 11.8 Å². The molecule has 0 aliphatic heterocycles. The summed E-state index contributed by atoms with van der Waals surface area (Å²) >= 11 is 0. The highest BCUT2D eigenvalue weighted by Gasteiger charge is 2.14. The lowest BCUT2D eigenvalue weighted by atomic mass is 9.90. The number of hydrogen-bond donors (Lipinski definition) is 1. The van der Waals surface area contributed by atoms with E-state index in [1.54, 1.807) is 0 Å². The Balaban J connectivity index is 1.91. The highest BCUT2D eigenvalue weighted by Crippen LogP contribution is 2.24. The molecule has 0 atom stereocenters. The van der Waals surface area contributed by atoms with E-state index >= 15 is 0 Å². The van der Waals surface area contributed by atoms with Crippen LogP contribution in [-0.2, 0) is 0 Å². The molecule has 0 unspecified atom stereocenters. The molecule has 0 radical (unpaired) electrons. The number of aromatic nitrogens is 2. The molecule has 4 nitrogen and oxygen atoms in total. The first-order chi connectivity index (χ1) is 8.78. The van der Waals surface area contributed by atoms with Crippen molar-refractivity contribution < 1.29 is 4.74 Å². The summed E-state index contributed by atoms with van der Waals surface area (Å²) in [4.78, 5) is 8.68. The Hall–Kier alpha value is -1.32. The van der Waals surface area contributed by atoms with Gasteiger partial charge in [0.1, 0.15) is 0 Å². The maximum atomic E-state index is 5.82. The van der Waals surface area contributed by atoms with E-state index in [0.29, 0.717) is 17.7 Å². The molecule has 1 aromatic rings. The average Bonchev–Trinajstić information content (AvgIpc) is 2.37. The summed E-state index contributed by atoms with van der Waals surface area (Å²) in [7, 11) is 0. The fraction of sp³-hybridized carbons (Fsp3) is 0.714. The Kier molecular flexibility index (Phi) is 4.79. The van der Waals surface area contributed by atoms with Crippen LogP contribution in [0.2, 0.25) is 0 Å². The number of ether oxygens (including phenoxy) is 1. The molecular weight excluding hydrogens is 226 g/mol. The van der Waals surface area contributed by atoms with Gasteiger partial charge in [0.25, 0.3) is 0 Å². The molecule has 18 heavy (non-hydrogen) atoms. The van der Waals surface area contributed by atoms with Gasteiger partial charge >= 0.3 is 0 Å². The molecule has 1 saturated carbocycles. The molecule has 100 valence electrons. The van der Waals surface area contributed by atoms with Crippen LogP contribution in [0.5, 0.6) is 5.88 Å². The normalized spacial score (nSPS) is 16.6. The summed E-state index contributed by atoms with van der Waals surface area (Å²) in [5, 5.41) is 3.12. The van der Waals surface area contributed by atoms with E-state index in [9.17, 15) is 0 Å². The van der Waals surface area contributed by atoms with Gasteiger partial charge in [0.15, 0.2) is 0 Å². The van der Waals surface area contributed by atoms with Gasteiger partial charge in [0.2, 0.25) is 11.8 Å². The number of rotatable bonds is 5. The van der Waals surface area contributed by atoms with Gasteiger partial charge in [-0.25, -0.2) is 4.98 Å². The summed E-state index contributed by atoms with van der Waals surface area (Å²) < 4.78 is 5.82. The fourth-order valence-corrected chi connectivity index (χ4v) is 2.41. The minimum atomic E-state index is 0.663. The topological polar surface area (TPSA) is 47.0 Å². The zero-order valence-corrected chi connectivity index (χ0v) is 11.4. The Morgan fingerprint density at radius 3 is 2.78 bits per heavy atom. The van der Waals surface area contributed by atoms with Crippen LogP contribution in [0.15, 0.2) is 6.07 Å². The maximum absolute atomic E-state index is 5.82. The van der Waals surface area contributed by atoms with E-state index in [2.05, 4.69) is 15.3 Å². The molecule has 1 heterocycles. The lowest BCUT2D eigenvalue weighted by Crippen LogP contribution is -2.16. The lowest BCUT2D eigenvalue weighted by Gasteiger charge is -2.21. The third kappa shape index (κ3) is 3.86. The zero-order chi connectivity index (χ0) is 12.8. The van der Waals surface area contributed by atoms with Crippen LogP contribution in [0.4, 0.5) is 5.95 Å². The molecule has 1 aliphatic carbocycles. The fourth-order valence-electron chi connectivity index (χ4n) is 2.41. The predicted molar refractivity (Wildman–Crippen MR) is 73.0 cm³/mol. The van der Waals surface area contributed by atoms with Crippen molar-refractivity contribution in [2.75, 3.05) is 18.5 Å². The molecule has 0 bridgehead atoms. The summed E-state index contributed by atoms with van der Waals surface area (Å²) in [5.41, 5.74) is 0.944. The summed E-state index contributed by atoms with van der Waals surface area (Å²) in [5.74, 6) is 2.07. The highest BCUT2D eigenvalue weighted by atomic mass is 16.5. The van der Waals surface area contributed by atoms with Gasteiger partial charge in [-0.3, -0.25) is 0 Å². The second-order valence-corrected chi connectivity index (χ2v) is 5.02. The molecule has 2 rings (SSSR count). The van der Waals surface area contributed by atoms with Crippen molar-refractivity contribution in [3.63, 3.8) is 0 Å².